The van der Waals surface area contributed by atoms with Crippen LogP contribution in [-0.2, 0) is 35.0 Å². The van der Waals surface area contributed by atoms with Crippen LogP contribution in [0.15, 0.2) is 35.9 Å². The molecule has 0 amide bonds. The Morgan fingerprint density at radius 1 is 1.09 bits per heavy atom. The van der Waals surface area contributed by atoms with Crippen molar-refractivity contribution in [3.8, 4) is 5.75 Å². The molecule has 1 saturated heterocycles. The second-order valence-electron chi connectivity index (χ2n) is 7.89. The number of aliphatic hydroxyl groups is 3. The number of aliphatic hydroxyl groups excluding tert-OH is 3. The van der Waals surface area contributed by atoms with Gasteiger partial charge in [0.05, 0.1) is 19.4 Å². The zero-order valence-corrected chi connectivity index (χ0v) is 18.6. The summed E-state index contributed by atoms with van der Waals surface area (Å²) in [6, 6.07) is 6.42. The Hall–Kier alpha value is -2.83. The number of carboxylic acids is 1. The summed E-state index contributed by atoms with van der Waals surface area (Å²) in [6.45, 7) is 1.15. The molecular weight excluding hydrogens is 452 g/mol. The first-order valence-corrected chi connectivity index (χ1v) is 10.7. The summed E-state index contributed by atoms with van der Waals surface area (Å²) in [4.78, 5) is 34.4. The average molecular weight is 482 g/mol. The van der Waals surface area contributed by atoms with Gasteiger partial charge in [-0.3, -0.25) is 14.4 Å². The molecule has 34 heavy (non-hydrogen) atoms. The highest BCUT2D eigenvalue weighted by atomic mass is 16.7. The number of carbonyl (C=O) groups is 3. The molecule has 188 valence electrons. The van der Waals surface area contributed by atoms with Crippen molar-refractivity contribution in [3.05, 3.63) is 41.5 Å². The van der Waals surface area contributed by atoms with Crippen LogP contribution in [0.1, 0.15) is 25.3 Å². The molecule has 0 aromatic heterocycles. The third-order valence-corrected chi connectivity index (χ3v) is 5.46. The van der Waals surface area contributed by atoms with Gasteiger partial charge >= 0.3 is 11.9 Å². The molecule has 1 aromatic carbocycles. The molecule has 1 heterocycles. The molecule has 0 spiro atoms. The molecule has 11 nitrogen and oxygen atoms in total. The highest BCUT2D eigenvalue weighted by molar-refractivity contribution is 5.80. The number of carboxylic acid groups (broad SMARTS) is 1. The first kappa shape index (κ1) is 27.4. The number of phenols is 1. The van der Waals surface area contributed by atoms with Crippen LogP contribution < -0.4 is 0 Å². The number of rotatable bonds is 12. The second kappa shape index (κ2) is 13.2. The molecule has 1 unspecified atom stereocenters. The van der Waals surface area contributed by atoms with Crippen LogP contribution in [0, 0.1) is 5.92 Å². The van der Waals surface area contributed by atoms with E-state index in [-0.39, 0.29) is 24.4 Å². The third kappa shape index (κ3) is 7.89. The first-order chi connectivity index (χ1) is 16.2. The van der Waals surface area contributed by atoms with Gasteiger partial charge < -0.3 is 39.7 Å². The van der Waals surface area contributed by atoms with Crippen molar-refractivity contribution < 1.29 is 54.1 Å². The quantitative estimate of drug-likeness (QED) is 0.153. The van der Waals surface area contributed by atoms with Crippen molar-refractivity contribution in [1.29, 1.82) is 0 Å². The molecular formula is C23H30O11. The number of aldehydes is 1. The van der Waals surface area contributed by atoms with Gasteiger partial charge in [0, 0.05) is 5.92 Å². The zero-order chi connectivity index (χ0) is 25.3. The second-order valence-corrected chi connectivity index (χ2v) is 7.89. The molecule has 2 rings (SSSR count). The maximum Gasteiger partial charge on any atom is 0.306 e. The van der Waals surface area contributed by atoms with E-state index in [2.05, 4.69) is 0 Å². The predicted molar refractivity (Wildman–Crippen MR) is 116 cm³/mol. The van der Waals surface area contributed by atoms with Gasteiger partial charge in [-0.05, 0) is 36.6 Å². The largest absolute Gasteiger partial charge is 0.508 e. The van der Waals surface area contributed by atoms with Crippen LogP contribution in [0.25, 0.3) is 0 Å². The van der Waals surface area contributed by atoms with E-state index < -0.39 is 61.6 Å². The summed E-state index contributed by atoms with van der Waals surface area (Å²) in [5.74, 6) is -2.77. The van der Waals surface area contributed by atoms with Gasteiger partial charge in [-0.25, -0.2) is 0 Å². The van der Waals surface area contributed by atoms with E-state index in [0.717, 1.165) is 5.56 Å². The number of phenolic OH excluding ortho intramolecular Hbond substituents is 1. The highest BCUT2D eigenvalue weighted by Crippen LogP contribution is 2.24. The lowest BCUT2D eigenvalue weighted by Gasteiger charge is -2.40. The Balaban J connectivity index is 1.91. The van der Waals surface area contributed by atoms with Crippen LogP contribution in [0.3, 0.4) is 0 Å². The normalized spacial score (nSPS) is 26.0. The summed E-state index contributed by atoms with van der Waals surface area (Å²) in [5, 5.41) is 48.8. The van der Waals surface area contributed by atoms with Crippen LogP contribution in [0.2, 0.25) is 0 Å². The number of benzene rings is 1. The molecule has 6 atom stereocenters. The van der Waals surface area contributed by atoms with Crippen LogP contribution in [0.4, 0.5) is 0 Å². The predicted octanol–water partition coefficient (Wildman–Crippen LogP) is -0.0717. The van der Waals surface area contributed by atoms with Crippen molar-refractivity contribution in [1.82, 2.24) is 0 Å². The fourth-order valence-electron chi connectivity index (χ4n) is 3.50. The van der Waals surface area contributed by atoms with Crippen molar-refractivity contribution in [3.63, 3.8) is 0 Å². The zero-order valence-electron chi connectivity index (χ0n) is 18.6. The van der Waals surface area contributed by atoms with Gasteiger partial charge in [-0.1, -0.05) is 18.2 Å². The lowest BCUT2D eigenvalue weighted by molar-refractivity contribution is -0.301. The number of hydrogen-bond donors (Lipinski definition) is 5. The van der Waals surface area contributed by atoms with Crippen LogP contribution in [0.5, 0.6) is 5.75 Å². The number of aromatic hydroxyl groups is 1. The Labute approximate surface area is 196 Å². The van der Waals surface area contributed by atoms with Crippen molar-refractivity contribution >= 4 is 18.2 Å². The summed E-state index contributed by atoms with van der Waals surface area (Å²) < 4.78 is 16.1. The van der Waals surface area contributed by atoms with Gasteiger partial charge in [-0.2, -0.15) is 0 Å². The van der Waals surface area contributed by atoms with E-state index >= 15 is 0 Å². The standard InChI is InChI=1S/C23H30O11/c1-2-14(11-24)15(9-18(26)27)10-19(28)33-12-17-20(29)21(30)22(31)23(34-17)32-8-7-13-3-5-16(25)6-4-13/h2-6,11,15,17,20-23,25,29-31H,7-10,12H2,1H3,(H,26,27)/b14-2+/t15?,17-,20-,21+,22-,23-/m1/s1. The minimum atomic E-state index is -1.62. The Bertz CT molecular complexity index is 851. The number of hydrogen-bond acceptors (Lipinski definition) is 10. The number of aliphatic carboxylic acids is 1. The molecule has 0 aliphatic carbocycles. The number of ether oxygens (including phenoxy) is 3. The van der Waals surface area contributed by atoms with Crippen LogP contribution in [-0.4, -0.2) is 87.7 Å². The summed E-state index contributed by atoms with van der Waals surface area (Å²) in [5.41, 5.74) is 0.995. The molecule has 1 fully saturated rings. The highest BCUT2D eigenvalue weighted by Gasteiger charge is 2.44. The Morgan fingerprint density at radius 3 is 2.35 bits per heavy atom. The van der Waals surface area contributed by atoms with E-state index in [1.165, 1.54) is 18.2 Å². The monoisotopic (exact) mass is 482 g/mol. The maximum atomic E-state index is 12.2. The first-order valence-electron chi connectivity index (χ1n) is 10.7. The Kier molecular flexibility index (Phi) is 10.6. The van der Waals surface area contributed by atoms with E-state index in [9.17, 15) is 34.8 Å². The van der Waals surface area contributed by atoms with Crippen molar-refractivity contribution in [2.45, 2.75) is 56.9 Å². The SMILES string of the molecule is C/C=C(\C=O)C(CC(=O)O)CC(=O)OC[C@H]1O[C@@H](OCCc2ccc(O)cc2)[C@H](O)[C@@H](O)[C@@H]1O. The molecule has 0 radical (unpaired) electrons. The van der Waals surface area contributed by atoms with Gasteiger partial charge in [0.25, 0.3) is 0 Å². The Morgan fingerprint density at radius 2 is 1.76 bits per heavy atom. The smallest absolute Gasteiger partial charge is 0.306 e. The number of esters is 1. The van der Waals surface area contributed by atoms with E-state index in [0.29, 0.717) is 12.7 Å². The molecule has 0 bridgehead atoms. The lowest BCUT2D eigenvalue weighted by atomic mass is 9.93. The summed E-state index contributed by atoms with van der Waals surface area (Å²) >= 11 is 0. The fourth-order valence-corrected chi connectivity index (χ4v) is 3.50. The molecule has 11 heteroatoms. The van der Waals surface area contributed by atoms with Gasteiger partial charge in [0.2, 0.25) is 0 Å². The molecule has 5 N–H and O–H groups in total. The average Bonchev–Trinajstić information content (AvgIpc) is 2.80. The fraction of sp³-hybridized carbons (Fsp3) is 0.522. The van der Waals surface area contributed by atoms with Gasteiger partial charge in [-0.15, -0.1) is 0 Å². The summed E-state index contributed by atoms with van der Waals surface area (Å²) in [7, 11) is 0. The number of allylic oxidation sites excluding steroid dienone is 2. The van der Waals surface area contributed by atoms with Gasteiger partial charge in [0.15, 0.2) is 6.29 Å². The lowest BCUT2D eigenvalue weighted by Crippen LogP contribution is -2.59. The molecule has 1 aliphatic heterocycles. The van der Waals surface area contributed by atoms with Crippen LogP contribution >= 0.6 is 0 Å². The van der Waals surface area contributed by atoms with E-state index in [4.69, 9.17) is 19.3 Å². The number of carbonyl (C=O) groups excluding carboxylic acids is 2. The van der Waals surface area contributed by atoms with E-state index in [1.807, 2.05) is 0 Å². The molecule has 0 saturated carbocycles. The molecule has 1 aliphatic rings. The maximum absolute atomic E-state index is 12.2. The van der Waals surface area contributed by atoms with E-state index in [1.54, 1.807) is 19.1 Å². The minimum absolute atomic E-state index is 0.0938. The van der Waals surface area contributed by atoms with Crippen molar-refractivity contribution in [2.75, 3.05) is 13.2 Å². The minimum Gasteiger partial charge on any atom is -0.508 e. The topological polar surface area (TPSA) is 180 Å². The third-order valence-electron chi connectivity index (χ3n) is 5.46. The summed E-state index contributed by atoms with van der Waals surface area (Å²) in [6.07, 6.45) is -5.78. The van der Waals surface area contributed by atoms with Gasteiger partial charge in [0.1, 0.15) is 43.1 Å². The molecule has 1 aromatic rings. The van der Waals surface area contributed by atoms with Crippen molar-refractivity contribution in [2.24, 2.45) is 5.92 Å².